The molecule has 6 nitrogen and oxygen atoms in total. The first-order valence-corrected chi connectivity index (χ1v) is 9.06. The van der Waals surface area contributed by atoms with Crippen LogP contribution in [0.4, 0.5) is 0 Å². The molecule has 0 radical (unpaired) electrons. The van der Waals surface area contributed by atoms with E-state index >= 15 is 0 Å². The van der Waals surface area contributed by atoms with Crippen LogP contribution in [0.3, 0.4) is 0 Å². The highest BCUT2D eigenvalue weighted by molar-refractivity contribution is 5.79. The summed E-state index contributed by atoms with van der Waals surface area (Å²) < 4.78 is 5.53. The van der Waals surface area contributed by atoms with Crippen LogP contribution in [0.1, 0.15) is 36.8 Å². The van der Waals surface area contributed by atoms with Gasteiger partial charge in [0.1, 0.15) is 5.76 Å². The van der Waals surface area contributed by atoms with E-state index in [-0.39, 0.29) is 6.04 Å². The predicted octanol–water partition coefficient (Wildman–Crippen LogP) is 2.56. The molecule has 1 aromatic carbocycles. The van der Waals surface area contributed by atoms with Gasteiger partial charge in [0.15, 0.2) is 5.96 Å². The average molecular weight is 358 g/mol. The Labute approximate surface area is 155 Å². The van der Waals surface area contributed by atoms with Crippen LogP contribution in [0.5, 0.6) is 0 Å². The Morgan fingerprint density at radius 1 is 1.15 bits per heavy atom. The first-order chi connectivity index (χ1) is 12.6. The van der Waals surface area contributed by atoms with Crippen LogP contribution in [0, 0.1) is 0 Å². The van der Waals surface area contributed by atoms with Gasteiger partial charge in [0.05, 0.1) is 25.0 Å². The van der Waals surface area contributed by atoms with Crippen LogP contribution in [-0.2, 0) is 0 Å². The maximum Gasteiger partial charge on any atom is 0.191 e. The Kier molecular flexibility index (Phi) is 8.18. The van der Waals surface area contributed by atoms with Crippen molar-refractivity contribution in [1.29, 1.82) is 0 Å². The number of guanidine groups is 1. The van der Waals surface area contributed by atoms with Gasteiger partial charge in [-0.15, -0.1) is 0 Å². The van der Waals surface area contributed by atoms with Crippen LogP contribution in [-0.4, -0.2) is 49.7 Å². The van der Waals surface area contributed by atoms with Gasteiger partial charge < -0.3 is 20.2 Å². The molecule has 0 amide bonds. The smallest absolute Gasteiger partial charge is 0.191 e. The maximum absolute atomic E-state index is 10.3. The SMILES string of the molecule is CCNC(=NCC(c1ccco1)N(C)C)NCCC(O)c1ccccc1. The van der Waals surface area contributed by atoms with Crippen molar-refractivity contribution in [3.63, 3.8) is 0 Å². The summed E-state index contributed by atoms with van der Waals surface area (Å²) in [5, 5.41) is 16.8. The van der Waals surface area contributed by atoms with E-state index in [1.54, 1.807) is 6.26 Å². The van der Waals surface area contributed by atoms with Crippen molar-refractivity contribution < 1.29 is 9.52 Å². The lowest BCUT2D eigenvalue weighted by Crippen LogP contribution is -2.39. The fourth-order valence-corrected chi connectivity index (χ4v) is 2.68. The third kappa shape index (κ3) is 6.20. The molecule has 1 aromatic heterocycles. The number of hydrogen-bond donors (Lipinski definition) is 3. The molecule has 0 saturated carbocycles. The van der Waals surface area contributed by atoms with Crippen LogP contribution in [0.15, 0.2) is 58.1 Å². The number of aliphatic hydroxyl groups is 1. The van der Waals surface area contributed by atoms with Crippen LogP contribution in [0.2, 0.25) is 0 Å². The molecular formula is C20H30N4O2. The molecule has 1 heterocycles. The zero-order valence-electron chi connectivity index (χ0n) is 15.9. The molecule has 2 aromatic rings. The zero-order valence-corrected chi connectivity index (χ0v) is 15.9. The summed E-state index contributed by atoms with van der Waals surface area (Å²) in [5.74, 6) is 1.64. The van der Waals surface area contributed by atoms with Gasteiger partial charge in [0.2, 0.25) is 0 Å². The lowest BCUT2D eigenvalue weighted by Gasteiger charge is -2.21. The summed E-state index contributed by atoms with van der Waals surface area (Å²) in [5.41, 5.74) is 0.932. The second kappa shape index (κ2) is 10.6. The molecule has 142 valence electrons. The number of hydrogen-bond acceptors (Lipinski definition) is 4. The Balaban J connectivity index is 1.89. The van der Waals surface area contributed by atoms with E-state index in [0.29, 0.717) is 19.5 Å². The largest absolute Gasteiger partial charge is 0.468 e. The van der Waals surface area contributed by atoms with Gasteiger partial charge in [0.25, 0.3) is 0 Å². The fourth-order valence-electron chi connectivity index (χ4n) is 2.68. The van der Waals surface area contributed by atoms with Crippen molar-refractivity contribution in [2.24, 2.45) is 4.99 Å². The number of rotatable bonds is 9. The Morgan fingerprint density at radius 2 is 1.92 bits per heavy atom. The molecule has 2 unspecified atom stereocenters. The van der Waals surface area contributed by atoms with Crippen molar-refractivity contribution in [3.05, 3.63) is 60.1 Å². The average Bonchev–Trinajstić information content (AvgIpc) is 3.16. The highest BCUT2D eigenvalue weighted by Gasteiger charge is 2.16. The van der Waals surface area contributed by atoms with E-state index in [0.717, 1.165) is 23.8 Å². The monoisotopic (exact) mass is 358 g/mol. The standard InChI is InChI=1S/C20H30N4O2/c1-4-21-20(22-13-12-18(25)16-9-6-5-7-10-16)23-15-17(24(2)3)19-11-8-14-26-19/h5-11,14,17-18,25H,4,12-13,15H2,1-3H3,(H2,21,22,23). The molecule has 0 aliphatic rings. The van der Waals surface area contributed by atoms with Gasteiger partial charge in [0, 0.05) is 13.1 Å². The molecule has 0 fully saturated rings. The Hall–Kier alpha value is -2.31. The number of aliphatic hydroxyl groups excluding tert-OH is 1. The van der Waals surface area contributed by atoms with Crippen molar-refractivity contribution in [2.45, 2.75) is 25.5 Å². The topological polar surface area (TPSA) is 73.0 Å². The summed E-state index contributed by atoms with van der Waals surface area (Å²) in [6, 6.07) is 13.6. The van der Waals surface area contributed by atoms with E-state index in [1.807, 2.05) is 63.5 Å². The number of benzene rings is 1. The molecule has 0 aliphatic carbocycles. The molecule has 3 N–H and O–H groups in total. The second-order valence-corrected chi connectivity index (χ2v) is 6.36. The first-order valence-electron chi connectivity index (χ1n) is 9.06. The van der Waals surface area contributed by atoms with Crippen LogP contribution >= 0.6 is 0 Å². The lowest BCUT2D eigenvalue weighted by atomic mass is 10.1. The van der Waals surface area contributed by atoms with Gasteiger partial charge in [-0.05, 0) is 45.1 Å². The van der Waals surface area contributed by atoms with E-state index in [4.69, 9.17) is 4.42 Å². The number of likely N-dealkylation sites (N-methyl/N-ethyl adjacent to an activating group) is 1. The maximum atomic E-state index is 10.3. The minimum absolute atomic E-state index is 0.0790. The normalized spacial score (nSPS) is 14.3. The number of nitrogens with zero attached hydrogens (tertiary/aromatic N) is 2. The third-order valence-corrected chi connectivity index (χ3v) is 4.16. The molecule has 0 saturated heterocycles. The van der Waals surface area contributed by atoms with Crippen molar-refractivity contribution in [3.8, 4) is 0 Å². The number of aliphatic imine (C=N–C) groups is 1. The second-order valence-electron chi connectivity index (χ2n) is 6.36. The summed E-state index contributed by atoms with van der Waals surface area (Å²) in [4.78, 5) is 6.76. The molecule has 2 atom stereocenters. The van der Waals surface area contributed by atoms with Crippen molar-refractivity contribution in [2.75, 3.05) is 33.7 Å². The van der Waals surface area contributed by atoms with Gasteiger partial charge in [-0.25, -0.2) is 0 Å². The van der Waals surface area contributed by atoms with E-state index in [1.165, 1.54) is 0 Å². The summed E-state index contributed by atoms with van der Waals surface area (Å²) in [6.07, 6.45) is 1.82. The van der Waals surface area contributed by atoms with Crippen molar-refractivity contribution >= 4 is 5.96 Å². The Morgan fingerprint density at radius 3 is 2.54 bits per heavy atom. The van der Waals surface area contributed by atoms with Gasteiger partial charge in [-0.3, -0.25) is 9.89 Å². The molecule has 2 rings (SSSR count). The quantitative estimate of drug-likeness (QED) is 0.475. The first kappa shape index (κ1) is 20.0. The number of furan rings is 1. The lowest BCUT2D eigenvalue weighted by molar-refractivity contribution is 0.168. The Bertz CT molecular complexity index is 641. The van der Waals surface area contributed by atoms with Gasteiger partial charge >= 0.3 is 0 Å². The molecule has 0 spiro atoms. The van der Waals surface area contributed by atoms with Crippen LogP contribution in [0.25, 0.3) is 0 Å². The summed E-state index contributed by atoms with van der Waals surface area (Å²) in [7, 11) is 4.03. The minimum Gasteiger partial charge on any atom is -0.468 e. The van der Waals surface area contributed by atoms with E-state index in [9.17, 15) is 5.11 Å². The summed E-state index contributed by atoms with van der Waals surface area (Å²) >= 11 is 0. The molecule has 6 heteroatoms. The summed E-state index contributed by atoms with van der Waals surface area (Å²) in [6.45, 7) is 4.03. The third-order valence-electron chi connectivity index (χ3n) is 4.16. The number of nitrogens with one attached hydrogen (secondary N) is 2. The van der Waals surface area contributed by atoms with Crippen molar-refractivity contribution in [1.82, 2.24) is 15.5 Å². The van der Waals surface area contributed by atoms with E-state index < -0.39 is 6.10 Å². The zero-order chi connectivity index (χ0) is 18.8. The molecule has 0 aliphatic heterocycles. The predicted molar refractivity (Wildman–Crippen MR) is 105 cm³/mol. The van der Waals surface area contributed by atoms with Crippen LogP contribution < -0.4 is 10.6 Å². The molecule has 0 bridgehead atoms. The fraction of sp³-hybridized carbons (Fsp3) is 0.450. The van der Waals surface area contributed by atoms with Gasteiger partial charge in [-0.1, -0.05) is 30.3 Å². The van der Waals surface area contributed by atoms with Gasteiger partial charge in [-0.2, -0.15) is 0 Å². The highest BCUT2D eigenvalue weighted by Crippen LogP contribution is 2.19. The minimum atomic E-state index is -0.482. The highest BCUT2D eigenvalue weighted by atomic mass is 16.3. The molecular weight excluding hydrogens is 328 g/mol. The van der Waals surface area contributed by atoms with E-state index in [2.05, 4.69) is 20.5 Å². The molecule has 26 heavy (non-hydrogen) atoms.